The van der Waals surface area contributed by atoms with Gasteiger partial charge in [0, 0.05) is 6.54 Å². The molecule has 0 aromatic rings. The SMILES string of the molecule is CCOC(=O)CS(=O)(=O)NCC1(CC(=O)O)CCCCC1. The van der Waals surface area contributed by atoms with Crippen molar-refractivity contribution in [1.29, 1.82) is 0 Å². The molecule has 0 spiro atoms. The number of carbonyl (C=O) groups excluding carboxylic acids is 1. The van der Waals surface area contributed by atoms with Gasteiger partial charge in [0.15, 0.2) is 5.75 Å². The molecule has 1 fully saturated rings. The Morgan fingerprint density at radius 3 is 2.38 bits per heavy atom. The van der Waals surface area contributed by atoms with Gasteiger partial charge in [-0.05, 0) is 25.2 Å². The average Bonchev–Trinajstić information content (AvgIpc) is 2.37. The van der Waals surface area contributed by atoms with E-state index in [1.807, 2.05) is 0 Å². The van der Waals surface area contributed by atoms with Crippen molar-refractivity contribution in [2.75, 3.05) is 18.9 Å². The summed E-state index contributed by atoms with van der Waals surface area (Å²) in [6, 6.07) is 0. The Kier molecular flexibility index (Phi) is 6.60. The molecule has 1 aliphatic rings. The van der Waals surface area contributed by atoms with Crippen LogP contribution >= 0.6 is 0 Å². The fourth-order valence-corrected chi connectivity index (χ4v) is 3.73. The molecule has 0 saturated heterocycles. The number of carboxylic acids is 1. The van der Waals surface area contributed by atoms with Crippen LogP contribution in [-0.4, -0.2) is 44.4 Å². The van der Waals surface area contributed by atoms with Crippen LogP contribution in [0, 0.1) is 5.41 Å². The monoisotopic (exact) mass is 321 g/mol. The lowest BCUT2D eigenvalue weighted by Gasteiger charge is -2.36. The van der Waals surface area contributed by atoms with Gasteiger partial charge in [-0.1, -0.05) is 19.3 Å². The van der Waals surface area contributed by atoms with E-state index in [9.17, 15) is 18.0 Å². The van der Waals surface area contributed by atoms with E-state index in [4.69, 9.17) is 5.11 Å². The number of esters is 1. The second-order valence-corrected chi connectivity index (χ2v) is 7.32. The van der Waals surface area contributed by atoms with Gasteiger partial charge in [-0.15, -0.1) is 0 Å². The van der Waals surface area contributed by atoms with Crippen LogP contribution in [0.15, 0.2) is 0 Å². The largest absolute Gasteiger partial charge is 0.481 e. The second kappa shape index (κ2) is 7.74. The number of carbonyl (C=O) groups is 2. The van der Waals surface area contributed by atoms with Gasteiger partial charge in [0.1, 0.15) is 0 Å². The van der Waals surface area contributed by atoms with Gasteiger partial charge in [-0.3, -0.25) is 9.59 Å². The van der Waals surface area contributed by atoms with Crippen LogP contribution in [0.2, 0.25) is 0 Å². The first-order valence-corrected chi connectivity index (χ1v) is 8.79. The quantitative estimate of drug-likeness (QED) is 0.643. The zero-order valence-electron chi connectivity index (χ0n) is 12.3. The summed E-state index contributed by atoms with van der Waals surface area (Å²) in [5.74, 6) is -2.47. The van der Waals surface area contributed by atoms with Crippen LogP contribution in [0.4, 0.5) is 0 Å². The number of hydrogen-bond donors (Lipinski definition) is 2. The Hall–Kier alpha value is -1.15. The summed E-state index contributed by atoms with van der Waals surface area (Å²) in [4.78, 5) is 22.2. The molecule has 7 nitrogen and oxygen atoms in total. The Balaban J connectivity index is 2.63. The number of nitrogens with one attached hydrogen (secondary N) is 1. The summed E-state index contributed by atoms with van der Waals surface area (Å²) in [7, 11) is -3.79. The van der Waals surface area contributed by atoms with Crippen molar-refractivity contribution in [1.82, 2.24) is 4.72 Å². The van der Waals surface area contributed by atoms with Crippen molar-refractivity contribution in [2.24, 2.45) is 5.41 Å². The normalized spacial score (nSPS) is 18.1. The van der Waals surface area contributed by atoms with E-state index < -0.39 is 33.1 Å². The Labute approximate surface area is 125 Å². The van der Waals surface area contributed by atoms with E-state index in [0.29, 0.717) is 12.8 Å². The van der Waals surface area contributed by atoms with Crippen LogP contribution in [-0.2, 0) is 24.3 Å². The Morgan fingerprint density at radius 2 is 1.86 bits per heavy atom. The number of sulfonamides is 1. The highest BCUT2D eigenvalue weighted by atomic mass is 32.2. The standard InChI is InChI=1S/C13H23NO6S/c1-2-20-12(17)9-21(18,19)14-10-13(8-11(15)16)6-4-3-5-7-13/h14H,2-10H2,1H3,(H,15,16). The van der Waals surface area contributed by atoms with E-state index in [1.165, 1.54) is 0 Å². The highest BCUT2D eigenvalue weighted by molar-refractivity contribution is 7.90. The summed E-state index contributed by atoms with van der Waals surface area (Å²) in [6.07, 6.45) is 4.13. The minimum atomic E-state index is -3.79. The average molecular weight is 321 g/mol. The van der Waals surface area contributed by atoms with Crippen molar-refractivity contribution in [3.8, 4) is 0 Å². The van der Waals surface area contributed by atoms with Crippen molar-refractivity contribution in [3.05, 3.63) is 0 Å². The van der Waals surface area contributed by atoms with Gasteiger partial charge < -0.3 is 9.84 Å². The number of carboxylic acid groups (broad SMARTS) is 1. The van der Waals surface area contributed by atoms with Gasteiger partial charge in [-0.25, -0.2) is 13.1 Å². The minimum Gasteiger partial charge on any atom is -0.481 e. The zero-order chi connectivity index (χ0) is 15.9. The maximum absolute atomic E-state index is 11.8. The molecule has 0 aromatic carbocycles. The molecule has 1 saturated carbocycles. The molecular weight excluding hydrogens is 298 g/mol. The van der Waals surface area contributed by atoms with Gasteiger partial charge in [0.25, 0.3) is 0 Å². The first-order chi connectivity index (χ1) is 9.79. The maximum Gasteiger partial charge on any atom is 0.322 e. The molecule has 0 aliphatic heterocycles. The molecule has 21 heavy (non-hydrogen) atoms. The molecule has 0 radical (unpaired) electrons. The van der Waals surface area contributed by atoms with E-state index in [-0.39, 0.29) is 19.6 Å². The molecule has 0 aromatic heterocycles. The lowest BCUT2D eigenvalue weighted by atomic mass is 9.72. The van der Waals surface area contributed by atoms with Crippen molar-refractivity contribution < 1.29 is 27.9 Å². The van der Waals surface area contributed by atoms with E-state index in [0.717, 1.165) is 19.3 Å². The van der Waals surface area contributed by atoms with Gasteiger partial charge in [0.2, 0.25) is 10.0 Å². The molecule has 8 heteroatoms. The third kappa shape index (κ3) is 6.43. The number of hydrogen-bond acceptors (Lipinski definition) is 5. The fourth-order valence-electron chi connectivity index (χ4n) is 2.71. The topological polar surface area (TPSA) is 110 Å². The fraction of sp³-hybridized carbons (Fsp3) is 0.846. The molecule has 0 amide bonds. The molecule has 0 atom stereocenters. The first-order valence-electron chi connectivity index (χ1n) is 7.13. The summed E-state index contributed by atoms with van der Waals surface area (Å²) in [5, 5.41) is 9.02. The van der Waals surface area contributed by atoms with E-state index >= 15 is 0 Å². The van der Waals surface area contributed by atoms with Crippen LogP contribution in [0.1, 0.15) is 45.4 Å². The number of rotatable bonds is 8. The molecular formula is C13H23NO6S. The summed E-state index contributed by atoms with van der Waals surface area (Å²) in [5.41, 5.74) is -0.550. The minimum absolute atomic E-state index is 0.0566. The van der Waals surface area contributed by atoms with Crippen LogP contribution in [0.3, 0.4) is 0 Å². The van der Waals surface area contributed by atoms with Crippen molar-refractivity contribution in [2.45, 2.75) is 45.4 Å². The number of aliphatic carboxylic acids is 1. The third-order valence-corrected chi connectivity index (χ3v) is 4.92. The molecule has 1 aliphatic carbocycles. The Morgan fingerprint density at radius 1 is 1.24 bits per heavy atom. The van der Waals surface area contributed by atoms with Gasteiger partial charge >= 0.3 is 11.9 Å². The molecule has 0 heterocycles. The van der Waals surface area contributed by atoms with Crippen LogP contribution < -0.4 is 4.72 Å². The highest BCUT2D eigenvalue weighted by Crippen LogP contribution is 2.38. The van der Waals surface area contributed by atoms with Gasteiger partial charge in [0.05, 0.1) is 13.0 Å². The summed E-state index contributed by atoms with van der Waals surface area (Å²) < 4.78 is 30.6. The number of ether oxygens (including phenoxy) is 1. The highest BCUT2D eigenvalue weighted by Gasteiger charge is 2.35. The zero-order valence-corrected chi connectivity index (χ0v) is 13.1. The molecule has 1 rings (SSSR count). The molecule has 122 valence electrons. The molecule has 0 unspecified atom stereocenters. The lowest BCUT2D eigenvalue weighted by molar-refractivity contribution is -0.141. The maximum atomic E-state index is 11.8. The predicted molar refractivity (Wildman–Crippen MR) is 76.2 cm³/mol. The Bertz CT molecular complexity index is 467. The first kappa shape index (κ1) is 17.9. The lowest BCUT2D eigenvalue weighted by Crippen LogP contribution is -2.42. The smallest absolute Gasteiger partial charge is 0.322 e. The van der Waals surface area contributed by atoms with Crippen molar-refractivity contribution >= 4 is 22.0 Å². The second-order valence-electron chi connectivity index (χ2n) is 5.52. The van der Waals surface area contributed by atoms with Gasteiger partial charge in [-0.2, -0.15) is 0 Å². The summed E-state index contributed by atoms with van der Waals surface area (Å²) >= 11 is 0. The predicted octanol–water partition coefficient (Wildman–Crippen LogP) is 0.894. The van der Waals surface area contributed by atoms with Crippen LogP contribution in [0.5, 0.6) is 0 Å². The van der Waals surface area contributed by atoms with Crippen molar-refractivity contribution in [3.63, 3.8) is 0 Å². The molecule has 0 bridgehead atoms. The summed E-state index contributed by atoms with van der Waals surface area (Å²) in [6.45, 7) is 1.78. The molecule has 2 N–H and O–H groups in total. The third-order valence-electron chi connectivity index (χ3n) is 3.72. The van der Waals surface area contributed by atoms with E-state index in [2.05, 4.69) is 9.46 Å². The van der Waals surface area contributed by atoms with E-state index in [1.54, 1.807) is 6.92 Å². The van der Waals surface area contributed by atoms with Crippen LogP contribution in [0.25, 0.3) is 0 Å².